The van der Waals surface area contributed by atoms with Gasteiger partial charge in [-0.3, -0.25) is 4.21 Å². The second kappa shape index (κ2) is 5.47. The molecule has 5 heteroatoms. The molecule has 2 atom stereocenters. The number of anilines is 1. The number of nitrogens with zero attached hydrogens (tertiary/aromatic N) is 2. The summed E-state index contributed by atoms with van der Waals surface area (Å²) < 4.78 is 11.1. The van der Waals surface area contributed by atoms with Gasteiger partial charge in [0.05, 0.1) is 0 Å². The summed E-state index contributed by atoms with van der Waals surface area (Å²) >= 11 is 0. The molecule has 0 saturated carbocycles. The minimum atomic E-state index is -0.834. The highest BCUT2D eigenvalue weighted by molar-refractivity contribution is 7.84. The zero-order chi connectivity index (χ0) is 11.3. The van der Waals surface area contributed by atoms with E-state index in [-0.39, 0.29) is 5.25 Å². The highest BCUT2D eigenvalue weighted by Crippen LogP contribution is 2.07. The van der Waals surface area contributed by atoms with Crippen molar-refractivity contribution in [2.75, 3.05) is 18.1 Å². The number of hydrogen-bond acceptors (Lipinski definition) is 4. The Morgan fingerprint density at radius 1 is 1.73 bits per heavy atom. The van der Waals surface area contributed by atoms with Crippen LogP contribution in [0.15, 0.2) is 18.3 Å². The lowest BCUT2D eigenvalue weighted by molar-refractivity contribution is 0.679. The predicted octanol–water partition coefficient (Wildman–Crippen LogP) is 1.13. The van der Waals surface area contributed by atoms with Crippen LogP contribution in [0.1, 0.15) is 12.6 Å². The summed E-state index contributed by atoms with van der Waals surface area (Å²) in [5.41, 5.74) is 1.21. The maximum atomic E-state index is 11.1. The highest BCUT2D eigenvalue weighted by Gasteiger charge is 2.05. The molecule has 80 valence electrons. The van der Waals surface area contributed by atoms with Gasteiger partial charge in [0.1, 0.15) is 11.8 Å². The third-order valence-electron chi connectivity index (χ3n) is 2.03. The van der Waals surface area contributed by atoms with Crippen LogP contribution in [0.5, 0.6) is 0 Å². The van der Waals surface area contributed by atoms with Gasteiger partial charge in [-0.2, -0.15) is 5.26 Å². The van der Waals surface area contributed by atoms with E-state index in [1.165, 1.54) is 0 Å². The first kappa shape index (κ1) is 11.7. The van der Waals surface area contributed by atoms with Gasteiger partial charge in [-0.1, -0.05) is 0 Å². The quantitative estimate of drug-likeness (QED) is 0.831. The molecule has 0 amide bonds. The first-order chi connectivity index (χ1) is 7.13. The molecule has 1 rings (SSSR count). The van der Waals surface area contributed by atoms with Crippen molar-refractivity contribution >= 4 is 16.5 Å². The van der Waals surface area contributed by atoms with Crippen LogP contribution in [-0.2, 0) is 10.8 Å². The topological polar surface area (TPSA) is 65.8 Å². The average Bonchev–Trinajstić information content (AvgIpc) is 2.26. The van der Waals surface area contributed by atoms with Crippen LogP contribution in [0.4, 0.5) is 5.69 Å². The van der Waals surface area contributed by atoms with Crippen LogP contribution in [0.2, 0.25) is 0 Å². The molecule has 1 N–H and O–H groups in total. The van der Waals surface area contributed by atoms with E-state index in [0.29, 0.717) is 12.2 Å². The zero-order valence-corrected chi connectivity index (χ0v) is 9.54. The molecule has 4 nitrogen and oxygen atoms in total. The highest BCUT2D eigenvalue weighted by atomic mass is 32.2. The summed E-state index contributed by atoms with van der Waals surface area (Å²) in [7, 11) is -0.834. The molecule has 1 heterocycles. The molecule has 0 fully saturated rings. The van der Waals surface area contributed by atoms with Crippen molar-refractivity contribution in [3.8, 4) is 6.07 Å². The van der Waals surface area contributed by atoms with Crippen LogP contribution < -0.4 is 5.32 Å². The molecular formula is C10H13N3OS. The van der Waals surface area contributed by atoms with Crippen LogP contribution in [-0.4, -0.2) is 27.2 Å². The van der Waals surface area contributed by atoms with Gasteiger partial charge in [0.15, 0.2) is 0 Å². The lowest BCUT2D eigenvalue weighted by atomic mass is 10.3. The summed E-state index contributed by atoms with van der Waals surface area (Å²) in [6.07, 6.45) is 3.26. The average molecular weight is 223 g/mol. The van der Waals surface area contributed by atoms with E-state index in [0.717, 1.165) is 5.69 Å². The molecule has 2 unspecified atom stereocenters. The lowest BCUT2D eigenvalue weighted by Crippen LogP contribution is -2.20. The molecule has 1 aromatic heterocycles. The first-order valence-electron chi connectivity index (χ1n) is 4.55. The maximum Gasteiger partial charge on any atom is 0.142 e. The maximum absolute atomic E-state index is 11.1. The molecule has 0 bridgehead atoms. The Bertz CT molecular complexity index is 400. The molecule has 0 aromatic carbocycles. The number of nitrogens with one attached hydrogen (secondary N) is 1. The fourth-order valence-electron chi connectivity index (χ4n) is 0.981. The lowest BCUT2D eigenvalue weighted by Gasteiger charge is -2.10. The number of pyridine rings is 1. The third-order valence-corrected chi connectivity index (χ3v) is 3.33. The van der Waals surface area contributed by atoms with E-state index in [9.17, 15) is 4.21 Å². The van der Waals surface area contributed by atoms with Crippen molar-refractivity contribution in [1.29, 1.82) is 5.26 Å². The van der Waals surface area contributed by atoms with Crippen molar-refractivity contribution < 1.29 is 4.21 Å². The molecule has 1 aromatic rings. The van der Waals surface area contributed by atoms with Crippen molar-refractivity contribution in [3.63, 3.8) is 0 Å². The van der Waals surface area contributed by atoms with E-state index in [4.69, 9.17) is 5.26 Å². The van der Waals surface area contributed by atoms with Gasteiger partial charge in [0.25, 0.3) is 0 Å². The number of rotatable bonds is 4. The number of aromatic nitrogens is 1. The van der Waals surface area contributed by atoms with Gasteiger partial charge in [-0.05, 0) is 19.1 Å². The Labute approximate surface area is 91.8 Å². The molecule has 0 radical (unpaired) electrons. The molecule has 15 heavy (non-hydrogen) atoms. The molecule has 0 aliphatic rings. The zero-order valence-electron chi connectivity index (χ0n) is 8.73. The monoisotopic (exact) mass is 223 g/mol. The molecule has 0 saturated heterocycles. The smallest absolute Gasteiger partial charge is 0.142 e. The summed E-state index contributed by atoms with van der Waals surface area (Å²) in [6.45, 7) is 2.54. The Balaban J connectivity index is 2.58. The van der Waals surface area contributed by atoms with Crippen LogP contribution >= 0.6 is 0 Å². The van der Waals surface area contributed by atoms with Crippen molar-refractivity contribution in [2.45, 2.75) is 12.2 Å². The molecule has 0 spiro atoms. The van der Waals surface area contributed by atoms with Crippen LogP contribution in [0.3, 0.4) is 0 Å². The van der Waals surface area contributed by atoms with Gasteiger partial charge in [-0.25, -0.2) is 4.98 Å². The summed E-state index contributed by atoms with van der Waals surface area (Å²) in [5, 5.41) is 11.8. The third kappa shape index (κ3) is 3.68. The minimum absolute atomic E-state index is 0.0868. The standard InChI is InChI=1S/C10H13N3OS/c1-8(15(2)14)7-13-9-3-4-12-10(5-9)6-11/h3-5,8H,7H2,1-2H3,(H,12,13). The van der Waals surface area contributed by atoms with Crippen molar-refractivity contribution in [1.82, 2.24) is 4.98 Å². The second-order valence-electron chi connectivity index (χ2n) is 3.23. The second-order valence-corrected chi connectivity index (χ2v) is 5.03. The van der Waals surface area contributed by atoms with Gasteiger partial charge >= 0.3 is 0 Å². The van der Waals surface area contributed by atoms with Crippen LogP contribution in [0.25, 0.3) is 0 Å². The van der Waals surface area contributed by atoms with Crippen molar-refractivity contribution in [2.24, 2.45) is 0 Å². The fourth-order valence-corrected chi connectivity index (χ4v) is 1.30. The molecular weight excluding hydrogens is 210 g/mol. The fraction of sp³-hybridized carbons (Fsp3) is 0.400. The van der Waals surface area contributed by atoms with Gasteiger partial charge < -0.3 is 5.32 Å². The van der Waals surface area contributed by atoms with Gasteiger partial charge in [0, 0.05) is 40.7 Å². The Morgan fingerprint density at radius 2 is 2.47 bits per heavy atom. The van der Waals surface area contributed by atoms with E-state index in [1.54, 1.807) is 24.6 Å². The van der Waals surface area contributed by atoms with E-state index >= 15 is 0 Å². The normalized spacial score (nSPS) is 13.9. The van der Waals surface area contributed by atoms with Gasteiger partial charge in [-0.15, -0.1) is 0 Å². The van der Waals surface area contributed by atoms with Crippen LogP contribution in [0, 0.1) is 11.3 Å². The van der Waals surface area contributed by atoms with E-state index < -0.39 is 10.8 Å². The summed E-state index contributed by atoms with van der Waals surface area (Å²) in [6, 6.07) is 5.42. The number of nitriles is 1. The van der Waals surface area contributed by atoms with Crippen molar-refractivity contribution in [3.05, 3.63) is 24.0 Å². The van der Waals surface area contributed by atoms with E-state index in [2.05, 4.69) is 10.3 Å². The predicted molar refractivity (Wildman–Crippen MR) is 61.0 cm³/mol. The molecule has 0 aliphatic heterocycles. The first-order valence-corrected chi connectivity index (χ1v) is 6.18. The molecule has 0 aliphatic carbocycles. The number of hydrogen-bond donors (Lipinski definition) is 1. The Kier molecular flexibility index (Phi) is 4.25. The van der Waals surface area contributed by atoms with E-state index in [1.807, 2.05) is 13.0 Å². The Morgan fingerprint density at radius 3 is 3.07 bits per heavy atom. The SMILES string of the molecule is CC(CNc1ccnc(C#N)c1)S(C)=O. The summed E-state index contributed by atoms with van der Waals surface area (Å²) in [5.74, 6) is 0. The Hall–Kier alpha value is -1.41. The minimum Gasteiger partial charge on any atom is -0.384 e. The summed E-state index contributed by atoms with van der Waals surface area (Å²) in [4.78, 5) is 3.86. The largest absolute Gasteiger partial charge is 0.384 e. The van der Waals surface area contributed by atoms with Gasteiger partial charge in [0.2, 0.25) is 0 Å².